The molecule has 3 aromatic rings. The highest BCUT2D eigenvalue weighted by molar-refractivity contribution is 6.11. The van der Waals surface area contributed by atoms with E-state index in [1.54, 1.807) is 13.0 Å². The van der Waals surface area contributed by atoms with Gasteiger partial charge in [0.1, 0.15) is 0 Å². The molecule has 0 atom stereocenters. The minimum absolute atomic E-state index is 0.0252. The van der Waals surface area contributed by atoms with E-state index < -0.39 is 17.2 Å². The van der Waals surface area contributed by atoms with Gasteiger partial charge in [-0.2, -0.15) is 0 Å². The lowest BCUT2D eigenvalue weighted by Crippen LogP contribution is -2.32. The first-order valence-electron chi connectivity index (χ1n) is 9.29. The number of nitrogens with zero attached hydrogens (tertiary/aromatic N) is 2. The van der Waals surface area contributed by atoms with Crippen LogP contribution in [0.2, 0.25) is 0 Å². The summed E-state index contributed by atoms with van der Waals surface area (Å²) in [6.07, 6.45) is 0. The molecule has 0 spiro atoms. The number of fused-ring (bicyclic) bond motifs is 1. The van der Waals surface area contributed by atoms with Gasteiger partial charge < -0.3 is 5.32 Å². The largest absolute Gasteiger partial charge is 0.329 e. The summed E-state index contributed by atoms with van der Waals surface area (Å²) in [5.74, 6) is -0.387. The predicted molar refractivity (Wildman–Crippen MR) is 110 cm³/mol. The van der Waals surface area contributed by atoms with E-state index in [1.165, 1.54) is 4.57 Å². The molecule has 0 bridgehead atoms. The first-order chi connectivity index (χ1) is 13.2. The topological polar surface area (TPSA) is 96.9 Å². The van der Waals surface area contributed by atoms with Crippen LogP contribution in [0, 0.1) is 13.8 Å². The number of H-pyrrole nitrogens is 1. The van der Waals surface area contributed by atoms with Crippen molar-refractivity contribution in [2.75, 3.05) is 5.32 Å². The van der Waals surface area contributed by atoms with E-state index in [-0.39, 0.29) is 22.5 Å². The molecule has 0 unspecified atom stereocenters. The predicted octanol–water partition coefficient (Wildman–Crippen LogP) is 3.10. The van der Waals surface area contributed by atoms with Crippen LogP contribution in [0.5, 0.6) is 0 Å². The molecule has 1 aromatic carbocycles. The van der Waals surface area contributed by atoms with Crippen molar-refractivity contribution in [1.82, 2.24) is 14.5 Å². The Morgan fingerprint density at radius 2 is 1.89 bits per heavy atom. The quantitative estimate of drug-likeness (QED) is 0.727. The number of carbonyl (C=O) groups is 1. The highest BCUT2D eigenvalue weighted by Gasteiger charge is 2.20. The number of amides is 1. The summed E-state index contributed by atoms with van der Waals surface area (Å²) in [4.78, 5) is 44.6. The number of aromatic amines is 1. The SMILES string of the molecule is CCn1c(=O)[nH]c(=O)c2c(C(=O)Nc3ccc(C)c(C)c3)cc(C(C)C)nc21. The van der Waals surface area contributed by atoms with Crippen LogP contribution < -0.4 is 16.6 Å². The fourth-order valence-electron chi connectivity index (χ4n) is 3.08. The van der Waals surface area contributed by atoms with E-state index in [2.05, 4.69) is 15.3 Å². The molecule has 28 heavy (non-hydrogen) atoms. The molecule has 2 N–H and O–H groups in total. The molecule has 0 aliphatic rings. The molecule has 0 aliphatic heterocycles. The molecule has 0 radical (unpaired) electrons. The molecular weight excluding hydrogens is 356 g/mol. The van der Waals surface area contributed by atoms with Crippen LogP contribution in [-0.4, -0.2) is 20.4 Å². The Bertz CT molecular complexity index is 1190. The van der Waals surface area contributed by atoms with Gasteiger partial charge in [-0.25, -0.2) is 9.78 Å². The smallest absolute Gasteiger partial charge is 0.322 e. The Labute approximate surface area is 162 Å². The molecule has 2 heterocycles. The maximum atomic E-state index is 13.1. The van der Waals surface area contributed by atoms with Gasteiger partial charge in [0.2, 0.25) is 0 Å². The molecule has 7 nitrogen and oxygen atoms in total. The summed E-state index contributed by atoms with van der Waals surface area (Å²) >= 11 is 0. The Morgan fingerprint density at radius 1 is 1.18 bits per heavy atom. The summed E-state index contributed by atoms with van der Waals surface area (Å²) in [5.41, 5.74) is 2.75. The van der Waals surface area contributed by atoms with E-state index >= 15 is 0 Å². The Hall–Kier alpha value is -3.22. The lowest BCUT2D eigenvalue weighted by Gasteiger charge is -2.14. The molecule has 146 valence electrons. The number of anilines is 1. The van der Waals surface area contributed by atoms with Crippen LogP contribution in [0.15, 0.2) is 33.9 Å². The van der Waals surface area contributed by atoms with Gasteiger partial charge in [0.25, 0.3) is 11.5 Å². The number of hydrogen-bond acceptors (Lipinski definition) is 4. The summed E-state index contributed by atoms with van der Waals surface area (Å²) in [6.45, 7) is 9.97. The van der Waals surface area contributed by atoms with Crippen molar-refractivity contribution in [3.05, 3.63) is 67.5 Å². The third-order valence-corrected chi connectivity index (χ3v) is 4.89. The second-order valence-corrected chi connectivity index (χ2v) is 7.20. The molecule has 0 saturated carbocycles. The van der Waals surface area contributed by atoms with Gasteiger partial charge in [0.15, 0.2) is 5.65 Å². The van der Waals surface area contributed by atoms with Gasteiger partial charge in [0, 0.05) is 17.9 Å². The Kier molecular flexibility index (Phi) is 5.18. The summed E-state index contributed by atoms with van der Waals surface area (Å²) in [5, 5.41) is 2.97. The maximum absolute atomic E-state index is 13.1. The van der Waals surface area contributed by atoms with Crippen LogP contribution in [0.4, 0.5) is 5.69 Å². The minimum Gasteiger partial charge on any atom is -0.322 e. The number of aromatic nitrogens is 3. The van der Waals surface area contributed by atoms with Crippen molar-refractivity contribution < 1.29 is 4.79 Å². The standard InChI is InChI=1S/C21H24N4O3/c1-6-25-18-17(20(27)24-21(25)28)15(10-16(23-18)11(2)3)19(26)22-14-8-7-12(4)13(5)9-14/h7-11H,6H2,1-5H3,(H,22,26)(H,24,27,28). The maximum Gasteiger partial charge on any atom is 0.329 e. The lowest BCUT2D eigenvalue weighted by atomic mass is 10.0. The van der Waals surface area contributed by atoms with Crippen LogP contribution in [-0.2, 0) is 6.54 Å². The molecule has 1 amide bonds. The zero-order valence-electron chi connectivity index (χ0n) is 16.7. The van der Waals surface area contributed by atoms with Crippen LogP contribution >= 0.6 is 0 Å². The monoisotopic (exact) mass is 380 g/mol. The van der Waals surface area contributed by atoms with E-state index in [9.17, 15) is 14.4 Å². The van der Waals surface area contributed by atoms with E-state index in [0.717, 1.165) is 11.1 Å². The summed E-state index contributed by atoms with van der Waals surface area (Å²) < 4.78 is 1.37. The number of benzene rings is 1. The number of rotatable bonds is 4. The van der Waals surface area contributed by atoms with Gasteiger partial charge in [-0.1, -0.05) is 19.9 Å². The summed E-state index contributed by atoms with van der Waals surface area (Å²) in [7, 11) is 0. The molecule has 2 aromatic heterocycles. The van der Waals surface area contributed by atoms with Crippen molar-refractivity contribution in [3.63, 3.8) is 0 Å². The first kappa shape index (κ1) is 19.5. The van der Waals surface area contributed by atoms with E-state index in [1.807, 2.05) is 45.9 Å². The molecule has 0 aliphatic carbocycles. The minimum atomic E-state index is -0.613. The second-order valence-electron chi connectivity index (χ2n) is 7.20. The van der Waals surface area contributed by atoms with Crippen LogP contribution in [0.1, 0.15) is 53.9 Å². The summed E-state index contributed by atoms with van der Waals surface area (Å²) in [6, 6.07) is 7.26. The molecule has 0 fully saturated rings. The lowest BCUT2D eigenvalue weighted by molar-refractivity contribution is 0.102. The number of carbonyl (C=O) groups excluding carboxylic acids is 1. The molecule has 7 heteroatoms. The fraction of sp³-hybridized carbons (Fsp3) is 0.333. The number of aryl methyl sites for hydroxylation is 3. The number of nitrogens with one attached hydrogen (secondary N) is 2. The zero-order chi connectivity index (χ0) is 20.6. The van der Waals surface area contributed by atoms with Gasteiger partial charge >= 0.3 is 5.69 Å². The van der Waals surface area contributed by atoms with Crippen LogP contribution in [0.25, 0.3) is 11.0 Å². The highest BCUT2D eigenvalue weighted by Crippen LogP contribution is 2.21. The zero-order valence-corrected chi connectivity index (χ0v) is 16.7. The van der Waals surface area contributed by atoms with Crippen molar-refractivity contribution in [2.24, 2.45) is 0 Å². The van der Waals surface area contributed by atoms with Gasteiger partial charge in [-0.15, -0.1) is 0 Å². The van der Waals surface area contributed by atoms with Crippen molar-refractivity contribution in [3.8, 4) is 0 Å². The van der Waals surface area contributed by atoms with Gasteiger partial charge in [-0.3, -0.25) is 19.1 Å². The number of hydrogen-bond donors (Lipinski definition) is 2. The van der Waals surface area contributed by atoms with Crippen LogP contribution in [0.3, 0.4) is 0 Å². The molecular formula is C21H24N4O3. The molecule has 0 saturated heterocycles. The van der Waals surface area contributed by atoms with Crippen molar-refractivity contribution >= 4 is 22.6 Å². The Morgan fingerprint density at radius 3 is 2.50 bits per heavy atom. The molecule has 3 rings (SSSR count). The average molecular weight is 380 g/mol. The normalized spacial score (nSPS) is 11.2. The fourth-order valence-corrected chi connectivity index (χ4v) is 3.08. The van der Waals surface area contributed by atoms with Crippen molar-refractivity contribution in [1.29, 1.82) is 0 Å². The highest BCUT2D eigenvalue weighted by atomic mass is 16.2. The third kappa shape index (κ3) is 3.47. The van der Waals surface area contributed by atoms with Gasteiger partial charge in [-0.05, 0) is 56.0 Å². The second kappa shape index (κ2) is 7.42. The van der Waals surface area contributed by atoms with Crippen molar-refractivity contribution in [2.45, 2.75) is 47.1 Å². The third-order valence-electron chi connectivity index (χ3n) is 4.89. The average Bonchev–Trinajstić information content (AvgIpc) is 2.63. The Balaban J connectivity index is 2.23. The van der Waals surface area contributed by atoms with Gasteiger partial charge in [0.05, 0.1) is 10.9 Å². The first-order valence-corrected chi connectivity index (χ1v) is 9.29. The van der Waals surface area contributed by atoms with E-state index in [4.69, 9.17) is 0 Å². The number of pyridine rings is 1. The van der Waals surface area contributed by atoms with E-state index in [0.29, 0.717) is 17.9 Å².